The van der Waals surface area contributed by atoms with Crippen molar-refractivity contribution < 1.29 is 13.2 Å². The van der Waals surface area contributed by atoms with E-state index in [0.717, 1.165) is 18.4 Å². The van der Waals surface area contributed by atoms with Crippen molar-refractivity contribution in [2.24, 2.45) is 0 Å². The lowest BCUT2D eigenvalue weighted by atomic mass is 10.1. The van der Waals surface area contributed by atoms with Gasteiger partial charge in [0.2, 0.25) is 15.9 Å². The summed E-state index contributed by atoms with van der Waals surface area (Å²) in [5.41, 5.74) is 0.895. The molecule has 2 aromatic rings. The van der Waals surface area contributed by atoms with E-state index in [-0.39, 0.29) is 23.3 Å². The minimum Gasteiger partial charge on any atom is -0.352 e. The summed E-state index contributed by atoms with van der Waals surface area (Å²) < 4.78 is 27.9. The Hall–Kier alpha value is -2.18. The number of hydrogen-bond donors (Lipinski definition) is 2. The van der Waals surface area contributed by atoms with Gasteiger partial charge in [0.25, 0.3) is 0 Å². The molecule has 2 atom stereocenters. The Balaban J connectivity index is 2.21. The second-order valence-corrected chi connectivity index (χ2v) is 8.09. The third-order valence-electron chi connectivity index (χ3n) is 4.06. The number of nitrogens with one attached hydrogen (secondary N) is 2. The van der Waals surface area contributed by atoms with Gasteiger partial charge in [0.15, 0.2) is 0 Å². The SMILES string of the molecule is CCC[C@@H](C)NC(=O)[C@@H](Cc1ccccc1)NS(=O)(=O)c1ccccc1. The molecule has 0 saturated heterocycles. The lowest BCUT2D eigenvalue weighted by Gasteiger charge is -2.21. The van der Waals surface area contributed by atoms with E-state index in [9.17, 15) is 13.2 Å². The lowest BCUT2D eigenvalue weighted by Crippen LogP contribution is -2.50. The van der Waals surface area contributed by atoms with Crippen LogP contribution < -0.4 is 10.0 Å². The second kappa shape index (κ2) is 9.50. The summed E-state index contributed by atoms with van der Waals surface area (Å²) in [4.78, 5) is 12.8. The molecule has 0 aliphatic carbocycles. The van der Waals surface area contributed by atoms with Crippen molar-refractivity contribution >= 4 is 15.9 Å². The molecule has 0 aromatic heterocycles. The van der Waals surface area contributed by atoms with Crippen LogP contribution in [0.2, 0.25) is 0 Å². The number of rotatable bonds is 9. The van der Waals surface area contributed by atoms with Crippen LogP contribution in [0.3, 0.4) is 0 Å². The highest BCUT2D eigenvalue weighted by Gasteiger charge is 2.26. The predicted octanol–water partition coefficient (Wildman–Crippen LogP) is 2.88. The molecule has 0 aliphatic heterocycles. The van der Waals surface area contributed by atoms with E-state index in [4.69, 9.17) is 0 Å². The highest BCUT2D eigenvalue weighted by atomic mass is 32.2. The van der Waals surface area contributed by atoms with Gasteiger partial charge < -0.3 is 5.32 Å². The van der Waals surface area contributed by atoms with Gasteiger partial charge in [0.1, 0.15) is 6.04 Å². The number of benzene rings is 2. The third-order valence-corrected chi connectivity index (χ3v) is 5.55. The molecule has 5 nitrogen and oxygen atoms in total. The fourth-order valence-corrected chi connectivity index (χ4v) is 3.96. The van der Waals surface area contributed by atoms with Gasteiger partial charge in [-0.15, -0.1) is 0 Å². The molecule has 2 aromatic carbocycles. The molecule has 0 fully saturated rings. The van der Waals surface area contributed by atoms with Crippen LogP contribution in [-0.4, -0.2) is 26.4 Å². The van der Waals surface area contributed by atoms with E-state index in [1.807, 2.05) is 44.2 Å². The Labute approximate surface area is 155 Å². The second-order valence-electron chi connectivity index (χ2n) is 6.37. The largest absolute Gasteiger partial charge is 0.352 e. The van der Waals surface area contributed by atoms with Crippen molar-refractivity contribution in [3.05, 3.63) is 66.2 Å². The van der Waals surface area contributed by atoms with Gasteiger partial charge >= 0.3 is 0 Å². The van der Waals surface area contributed by atoms with Crippen LogP contribution in [0.5, 0.6) is 0 Å². The first-order valence-corrected chi connectivity index (χ1v) is 10.3. The van der Waals surface area contributed by atoms with Crippen LogP contribution in [-0.2, 0) is 21.2 Å². The molecule has 0 radical (unpaired) electrons. The molecular weight excluding hydrogens is 348 g/mol. The van der Waals surface area contributed by atoms with E-state index >= 15 is 0 Å². The minimum absolute atomic E-state index is 0.00740. The van der Waals surface area contributed by atoms with Gasteiger partial charge in [0, 0.05) is 6.04 Å². The minimum atomic E-state index is -3.78. The summed E-state index contributed by atoms with van der Waals surface area (Å²) in [6.45, 7) is 3.97. The Morgan fingerprint density at radius 3 is 2.15 bits per heavy atom. The maximum absolute atomic E-state index is 12.7. The Morgan fingerprint density at radius 2 is 1.58 bits per heavy atom. The normalized spacial score (nSPS) is 13.8. The van der Waals surface area contributed by atoms with Gasteiger partial charge in [-0.25, -0.2) is 8.42 Å². The molecule has 0 saturated carbocycles. The van der Waals surface area contributed by atoms with E-state index in [0.29, 0.717) is 0 Å². The molecule has 140 valence electrons. The van der Waals surface area contributed by atoms with E-state index in [1.54, 1.807) is 18.2 Å². The molecule has 2 rings (SSSR count). The Bertz CT molecular complexity index is 792. The topological polar surface area (TPSA) is 75.3 Å². The Morgan fingerprint density at radius 1 is 1.00 bits per heavy atom. The summed E-state index contributed by atoms with van der Waals surface area (Å²) in [6, 6.07) is 16.6. The maximum Gasteiger partial charge on any atom is 0.241 e. The molecule has 1 amide bonds. The molecule has 0 aliphatic rings. The average molecular weight is 375 g/mol. The smallest absolute Gasteiger partial charge is 0.241 e. The van der Waals surface area contributed by atoms with Crippen molar-refractivity contribution in [3.8, 4) is 0 Å². The zero-order valence-electron chi connectivity index (χ0n) is 15.2. The van der Waals surface area contributed by atoms with E-state index in [1.165, 1.54) is 12.1 Å². The third kappa shape index (κ3) is 5.97. The maximum atomic E-state index is 12.7. The molecule has 0 bridgehead atoms. The molecular formula is C20H26N2O3S. The number of carbonyl (C=O) groups excluding carboxylic acids is 1. The van der Waals surface area contributed by atoms with Gasteiger partial charge in [-0.05, 0) is 37.5 Å². The lowest BCUT2D eigenvalue weighted by molar-refractivity contribution is -0.123. The first-order chi connectivity index (χ1) is 12.4. The van der Waals surface area contributed by atoms with Crippen LogP contribution >= 0.6 is 0 Å². The van der Waals surface area contributed by atoms with Gasteiger partial charge in [-0.3, -0.25) is 4.79 Å². The summed E-state index contributed by atoms with van der Waals surface area (Å²) >= 11 is 0. The van der Waals surface area contributed by atoms with Crippen molar-refractivity contribution in [1.82, 2.24) is 10.0 Å². The molecule has 6 heteroatoms. The monoisotopic (exact) mass is 374 g/mol. The summed E-state index contributed by atoms with van der Waals surface area (Å²) in [7, 11) is -3.78. The predicted molar refractivity (Wildman–Crippen MR) is 103 cm³/mol. The quantitative estimate of drug-likeness (QED) is 0.709. The van der Waals surface area contributed by atoms with Gasteiger partial charge in [-0.1, -0.05) is 61.9 Å². The van der Waals surface area contributed by atoms with Crippen LogP contribution in [0.4, 0.5) is 0 Å². The first kappa shape index (κ1) is 20.1. The first-order valence-electron chi connectivity index (χ1n) is 8.84. The van der Waals surface area contributed by atoms with Crippen molar-refractivity contribution in [1.29, 1.82) is 0 Å². The van der Waals surface area contributed by atoms with Crippen molar-refractivity contribution in [3.63, 3.8) is 0 Å². The van der Waals surface area contributed by atoms with Gasteiger partial charge in [-0.2, -0.15) is 4.72 Å². The zero-order chi connectivity index (χ0) is 19.0. The number of amides is 1. The molecule has 0 heterocycles. The van der Waals surface area contributed by atoms with Crippen LogP contribution in [0.1, 0.15) is 32.3 Å². The Kier molecular flexibility index (Phi) is 7.36. The van der Waals surface area contributed by atoms with Crippen molar-refractivity contribution in [2.75, 3.05) is 0 Å². The van der Waals surface area contributed by atoms with Crippen LogP contribution in [0.25, 0.3) is 0 Å². The fraction of sp³-hybridized carbons (Fsp3) is 0.350. The fourth-order valence-electron chi connectivity index (χ4n) is 2.74. The molecule has 26 heavy (non-hydrogen) atoms. The van der Waals surface area contributed by atoms with Crippen LogP contribution in [0.15, 0.2) is 65.6 Å². The standard InChI is InChI=1S/C20H26N2O3S/c1-3-10-16(2)21-20(23)19(15-17-11-6-4-7-12-17)22-26(24,25)18-13-8-5-9-14-18/h4-9,11-14,16,19,22H,3,10,15H2,1-2H3,(H,21,23)/t16-,19-/m1/s1. The highest BCUT2D eigenvalue weighted by Crippen LogP contribution is 2.11. The summed E-state index contributed by atoms with van der Waals surface area (Å²) in [5.74, 6) is -0.311. The van der Waals surface area contributed by atoms with Gasteiger partial charge in [0.05, 0.1) is 4.90 Å². The number of hydrogen-bond acceptors (Lipinski definition) is 3. The van der Waals surface area contributed by atoms with E-state index < -0.39 is 16.1 Å². The van der Waals surface area contributed by atoms with E-state index in [2.05, 4.69) is 10.0 Å². The summed E-state index contributed by atoms with van der Waals surface area (Å²) in [5, 5.41) is 2.91. The zero-order valence-corrected chi connectivity index (χ0v) is 16.0. The average Bonchev–Trinajstić information content (AvgIpc) is 2.63. The molecule has 0 spiro atoms. The number of carbonyl (C=O) groups is 1. The van der Waals surface area contributed by atoms with Crippen molar-refractivity contribution in [2.45, 2.75) is 50.1 Å². The molecule has 2 N–H and O–H groups in total. The molecule has 0 unspecified atom stereocenters. The summed E-state index contributed by atoms with van der Waals surface area (Å²) in [6.07, 6.45) is 2.08. The van der Waals surface area contributed by atoms with Crippen LogP contribution in [0, 0.1) is 0 Å². The highest BCUT2D eigenvalue weighted by molar-refractivity contribution is 7.89. The number of sulfonamides is 1.